The van der Waals surface area contributed by atoms with Gasteiger partial charge in [-0.25, -0.2) is 0 Å². The van der Waals surface area contributed by atoms with Crippen molar-refractivity contribution in [3.63, 3.8) is 0 Å². The quantitative estimate of drug-likeness (QED) is 0.764. The maximum atomic E-state index is 12.4. The molecule has 25 heavy (non-hydrogen) atoms. The van der Waals surface area contributed by atoms with Crippen LogP contribution in [-0.2, 0) is 4.79 Å². The van der Waals surface area contributed by atoms with Crippen LogP contribution in [0.1, 0.15) is 46.5 Å². The minimum absolute atomic E-state index is 0.0494. The van der Waals surface area contributed by atoms with Crippen LogP contribution in [0.2, 0.25) is 0 Å². The lowest BCUT2D eigenvalue weighted by Crippen LogP contribution is -2.41. The van der Waals surface area contributed by atoms with Gasteiger partial charge in [0.15, 0.2) is 0 Å². The summed E-state index contributed by atoms with van der Waals surface area (Å²) >= 11 is 0. The topological polar surface area (TPSA) is 69.7 Å². The molecule has 2 rings (SSSR count). The average molecular weight is 345 g/mol. The van der Waals surface area contributed by atoms with E-state index in [1.165, 1.54) is 0 Å². The van der Waals surface area contributed by atoms with Gasteiger partial charge in [-0.1, -0.05) is 25.5 Å². The van der Waals surface area contributed by atoms with Crippen LogP contribution in [0.15, 0.2) is 18.2 Å². The molecule has 1 aromatic rings. The van der Waals surface area contributed by atoms with E-state index < -0.39 is 0 Å². The van der Waals surface area contributed by atoms with Gasteiger partial charge >= 0.3 is 0 Å². The third-order valence-electron chi connectivity index (χ3n) is 4.20. The van der Waals surface area contributed by atoms with E-state index in [4.69, 9.17) is 0 Å². The molecule has 136 valence electrons. The van der Waals surface area contributed by atoms with E-state index in [2.05, 4.69) is 24.1 Å². The Kier molecular flexibility index (Phi) is 5.62. The van der Waals surface area contributed by atoms with E-state index >= 15 is 0 Å². The molecule has 6 nitrogen and oxygen atoms in total. The number of benzene rings is 1. The molecule has 0 saturated heterocycles. The lowest BCUT2D eigenvalue weighted by atomic mass is 9.93. The Labute approximate surface area is 149 Å². The fourth-order valence-electron chi connectivity index (χ4n) is 3.16. The SMILES string of the molecule is Cc1ccc2c(c1)C(=O)N(CCC(=O)NCC(C)(C)CN(C)C)C2=O. The molecule has 0 fully saturated rings. The molecular weight excluding hydrogens is 318 g/mol. The Morgan fingerprint density at radius 3 is 2.44 bits per heavy atom. The van der Waals surface area contributed by atoms with Gasteiger partial charge < -0.3 is 10.2 Å². The Morgan fingerprint density at radius 1 is 1.16 bits per heavy atom. The highest BCUT2D eigenvalue weighted by Gasteiger charge is 2.35. The summed E-state index contributed by atoms with van der Waals surface area (Å²) in [5.41, 5.74) is 1.73. The van der Waals surface area contributed by atoms with Gasteiger partial charge in [-0.05, 0) is 38.6 Å². The molecular formula is C19H27N3O3. The van der Waals surface area contributed by atoms with Gasteiger partial charge in [0.2, 0.25) is 5.91 Å². The minimum Gasteiger partial charge on any atom is -0.355 e. The number of hydrogen-bond donors (Lipinski definition) is 1. The van der Waals surface area contributed by atoms with Crippen LogP contribution in [0.3, 0.4) is 0 Å². The van der Waals surface area contributed by atoms with Gasteiger partial charge in [-0.3, -0.25) is 19.3 Å². The fourth-order valence-corrected chi connectivity index (χ4v) is 3.16. The first-order valence-corrected chi connectivity index (χ1v) is 8.49. The van der Waals surface area contributed by atoms with Crippen molar-refractivity contribution in [3.05, 3.63) is 34.9 Å². The molecule has 1 N–H and O–H groups in total. The van der Waals surface area contributed by atoms with Gasteiger partial charge in [0.05, 0.1) is 11.1 Å². The van der Waals surface area contributed by atoms with Gasteiger partial charge in [0, 0.05) is 26.1 Å². The zero-order chi connectivity index (χ0) is 18.8. The van der Waals surface area contributed by atoms with E-state index in [0.717, 1.165) is 17.0 Å². The van der Waals surface area contributed by atoms with Crippen molar-refractivity contribution in [2.45, 2.75) is 27.2 Å². The molecule has 0 atom stereocenters. The second kappa shape index (κ2) is 7.35. The predicted octanol–water partition coefficient (Wildman–Crippen LogP) is 1.69. The molecule has 0 aromatic heterocycles. The molecule has 0 bridgehead atoms. The highest BCUT2D eigenvalue weighted by atomic mass is 16.2. The first kappa shape index (κ1) is 19.1. The highest BCUT2D eigenvalue weighted by molar-refractivity contribution is 6.21. The Morgan fingerprint density at radius 2 is 1.80 bits per heavy atom. The van der Waals surface area contributed by atoms with Gasteiger partial charge in [0.1, 0.15) is 0 Å². The van der Waals surface area contributed by atoms with E-state index in [-0.39, 0.29) is 36.1 Å². The fraction of sp³-hybridized carbons (Fsp3) is 0.526. The highest BCUT2D eigenvalue weighted by Crippen LogP contribution is 2.24. The van der Waals surface area contributed by atoms with Crippen LogP contribution < -0.4 is 5.32 Å². The van der Waals surface area contributed by atoms with Gasteiger partial charge in [0.25, 0.3) is 11.8 Å². The second-order valence-corrected chi connectivity index (χ2v) is 7.74. The first-order chi connectivity index (χ1) is 11.6. The van der Waals surface area contributed by atoms with E-state index in [1.54, 1.807) is 12.1 Å². The molecule has 0 radical (unpaired) electrons. The smallest absolute Gasteiger partial charge is 0.261 e. The van der Waals surface area contributed by atoms with Crippen LogP contribution in [0.4, 0.5) is 0 Å². The number of aryl methyl sites for hydroxylation is 1. The Bertz CT molecular complexity index is 695. The van der Waals surface area contributed by atoms with Gasteiger partial charge in [-0.2, -0.15) is 0 Å². The second-order valence-electron chi connectivity index (χ2n) is 7.74. The van der Waals surface area contributed by atoms with Crippen molar-refractivity contribution in [3.8, 4) is 0 Å². The Hall–Kier alpha value is -2.21. The van der Waals surface area contributed by atoms with Crippen molar-refractivity contribution < 1.29 is 14.4 Å². The molecule has 6 heteroatoms. The summed E-state index contributed by atoms with van der Waals surface area (Å²) in [6, 6.07) is 5.21. The minimum atomic E-state index is -0.319. The average Bonchev–Trinajstić information content (AvgIpc) is 2.73. The van der Waals surface area contributed by atoms with Crippen molar-refractivity contribution in [2.75, 3.05) is 33.7 Å². The summed E-state index contributed by atoms with van der Waals surface area (Å²) in [7, 11) is 3.99. The largest absolute Gasteiger partial charge is 0.355 e. The molecule has 1 aliphatic heterocycles. The van der Waals surface area contributed by atoms with E-state index in [1.807, 2.05) is 27.1 Å². The zero-order valence-corrected chi connectivity index (χ0v) is 15.7. The summed E-state index contributed by atoms with van der Waals surface area (Å²) in [6.07, 6.45) is 0.114. The molecule has 1 aliphatic rings. The number of carbonyl (C=O) groups excluding carboxylic acids is 3. The maximum absolute atomic E-state index is 12.4. The van der Waals surface area contributed by atoms with Crippen LogP contribution in [-0.4, -0.2) is 61.3 Å². The van der Waals surface area contributed by atoms with Crippen molar-refractivity contribution in [1.82, 2.24) is 15.1 Å². The summed E-state index contributed by atoms with van der Waals surface area (Å²) in [6.45, 7) is 7.55. The molecule has 1 heterocycles. The molecule has 0 saturated carbocycles. The number of imide groups is 1. The van der Waals surface area contributed by atoms with Crippen molar-refractivity contribution in [2.24, 2.45) is 5.41 Å². The van der Waals surface area contributed by atoms with Crippen LogP contribution >= 0.6 is 0 Å². The van der Waals surface area contributed by atoms with Crippen molar-refractivity contribution in [1.29, 1.82) is 0 Å². The van der Waals surface area contributed by atoms with Crippen LogP contribution in [0.25, 0.3) is 0 Å². The number of amides is 3. The molecule has 0 spiro atoms. The van der Waals surface area contributed by atoms with Gasteiger partial charge in [-0.15, -0.1) is 0 Å². The Balaban J connectivity index is 1.89. The third kappa shape index (κ3) is 4.66. The number of nitrogens with zero attached hydrogens (tertiary/aromatic N) is 2. The summed E-state index contributed by atoms with van der Waals surface area (Å²) in [4.78, 5) is 40.1. The number of hydrogen-bond acceptors (Lipinski definition) is 4. The standard InChI is InChI=1S/C19H27N3O3/c1-13-6-7-14-15(10-13)18(25)22(17(14)24)9-8-16(23)20-11-19(2,3)12-21(4)5/h6-7,10H,8-9,11-12H2,1-5H3,(H,20,23). The lowest BCUT2D eigenvalue weighted by Gasteiger charge is -2.28. The maximum Gasteiger partial charge on any atom is 0.261 e. The summed E-state index contributed by atoms with van der Waals surface area (Å²) in [5.74, 6) is -0.787. The molecule has 0 unspecified atom stereocenters. The normalized spacial score (nSPS) is 14.2. The van der Waals surface area contributed by atoms with Crippen molar-refractivity contribution >= 4 is 17.7 Å². The number of rotatable bonds is 7. The van der Waals surface area contributed by atoms with Crippen LogP contribution in [0.5, 0.6) is 0 Å². The van der Waals surface area contributed by atoms with Crippen LogP contribution in [0, 0.1) is 12.3 Å². The molecule has 0 aliphatic carbocycles. The monoisotopic (exact) mass is 345 g/mol. The lowest BCUT2D eigenvalue weighted by molar-refractivity contribution is -0.121. The predicted molar refractivity (Wildman–Crippen MR) is 96.5 cm³/mol. The number of nitrogens with one attached hydrogen (secondary N) is 1. The number of carbonyl (C=O) groups is 3. The van der Waals surface area contributed by atoms with E-state index in [0.29, 0.717) is 17.7 Å². The number of fused-ring (bicyclic) bond motifs is 1. The summed E-state index contributed by atoms with van der Waals surface area (Å²) in [5, 5.41) is 2.90. The first-order valence-electron chi connectivity index (χ1n) is 8.49. The van der Waals surface area contributed by atoms with E-state index in [9.17, 15) is 14.4 Å². The summed E-state index contributed by atoms with van der Waals surface area (Å²) < 4.78 is 0. The molecule has 3 amide bonds. The molecule has 1 aromatic carbocycles. The third-order valence-corrected chi connectivity index (χ3v) is 4.20. The zero-order valence-electron chi connectivity index (χ0n) is 15.7.